The van der Waals surface area contributed by atoms with Crippen LogP contribution in [0.15, 0.2) is 24.3 Å². The molecule has 15 heavy (non-hydrogen) atoms. The van der Waals surface area contributed by atoms with Gasteiger partial charge < -0.3 is 5.73 Å². The average molecular weight is 207 g/mol. The molecule has 0 aromatic heterocycles. The molecule has 0 spiro atoms. The lowest BCUT2D eigenvalue weighted by molar-refractivity contribution is 0.474. The summed E-state index contributed by atoms with van der Waals surface area (Å²) < 4.78 is 13.0. The SMILES string of the molecule is CC(C)CC1(N)CC1c1cccc(F)c1. The maximum atomic E-state index is 13.0. The van der Waals surface area contributed by atoms with Crippen LogP contribution in [-0.2, 0) is 0 Å². The maximum absolute atomic E-state index is 13.0. The number of benzene rings is 1. The van der Waals surface area contributed by atoms with Crippen molar-refractivity contribution in [2.24, 2.45) is 11.7 Å². The Morgan fingerprint density at radius 2 is 2.27 bits per heavy atom. The molecule has 0 aliphatic heterocycles. The summed E-state index contributed by atoms with van der Waals surface area (Å²) in [6.45, 7) is 4.35. The fourth-order valence-corrected chi connectivity index (χ4v) is 2.48. The summed E-state index contributed by atoms with van der Waals surface area (Å²) >= 11 is 0. The van der Waals surface area contributed by atoms with E-state index in [1.54, 1.807) is 12.1 Å². The van der Waals surface area contributed by atoms with Crippen molar-refractivity contribution in [2.45, 2.75) is 38.1 Å². The zero-order chi connectivity index (χ0) is 11.1. The summed E-state index contributed by atoms with van der Waals surface area (Å²) in [5.74, 6) is 0.801. The van der Waals surface area contributed by atoms with Gasteiger partial charge in [-0.15, -0.1) is 0 Å². The number of halogens is 1. The molecule has 1 aliphatic rings. The average Bonchev–Trinajstić information content (AvgIpc) is 2.76. The first kappa shape index (κ1) is 10.6. The maximum Gasteiger partial charge on any atom is 0.123 e. The van der Waals surface area contributed by atoms with E-state index in [1.807, 2.05) is 6.07 Å². The largest absolute Gasteiger partial charge is 0.325 e. The van der Waals surface area contributed by atoms with Crippen molar-refractivity contribution >= 4 is 0 Å². The number of rotatable bonds is 3. The molecule has 2 heteroatoms. The number of hydrogen-bond donors (Lipinski definition) is 1. The molecular weight excluding hydrogens is 189 g/mol. The molecule has 1 aromatic rings. The van der Waals surface area contributed by atoms with E-state index in [2.05, 4.69) is 13.8 Å². The molecule has 0 radical (unpaired) electrons. The number of nitrogens with two attached hydrogens (primary N) is 1. The van der Waals surface area contributed by atoms with Crippen LogP contribution in [0.5, 0.6) is 0 Å². The highest BCUT2D eigenvalue weighted by atomic mass is 19.1. The summed E-state index contributed by atoms with van der Waals surface area (Å²) in [6, 6.07) is 6.83. The fraction of sp³-hybridized carbons (Fsp3) is 0.538. The van der Waals surface area contributed by atoms with E-state index in [4.69, 9.17) is 5.73 Å². The molecular formula is C13H18FN. The Morgan fingerprint density at radius 3 is 2.87 bits per heavy atom. The molecule has 0 amide bonds. The van der Waals surface area contributed by atoms with Crippen LogP contribution in [0.25, 0.3) is 0 Å². The second-order valence-corrected chi connectivity index (χ2v) is 5.14. The first-order chi connectivity index (χ1) is 7.01. The molecule has 0 bridgehead atoms. The quantitative estimate of drug-likeness (QED) is 0.810. The molecule has 2 unspecified atom stereocenters. The zero-order valence-corrected chi connectivity index (χ0v) is 9.33. The molecule has 2 rings (SSSR count). The second-order valence-electron chi connectivity index (χ2n) is 5.14. The van der Waals surface area contributed by atoms with Crippen molar-refractivity contribution in [3.63, 3.8) is 0 Å². The molecule has 1 nitrogen and oxygen atoms in total. The number of hydrogen-bond acceptors (Lipinski definition) is 1. The normalized spacial score (nSPS) is 29.5. The van der Waals surface area contributed by atoms with Gasteiger partial charge in [0.2, 0.25) is 0 Å². The van der Waals surface area contributed by atoms with Crippen molar-refractivity contribution in [1.82, 2.24) is 0 Å². The van der Waals surface area contributed by atoms with Crippen LogP contribution in [0.3, 0.4) is 0 Å². The lowest BCUT2D eigenvalue weighted by atomic mass is 9.98. The molecule has 0 heterocycles. The van der Waals surface area contributed by atoms with E-state index in [0.717, 1.165) is 18.4 Å². The highest BCUT2D eigenvalue weighted by Gasteiger charge is 2.51. The minimum atomic E-state index is -0.161. The van der Waals surface area contributed by atoms with Crippen LogP contribution in [0.2, 0.25) is 0 Å². The fourth-order valence-electron chi connectivity index (χ4n) is 2.48. The third kappa shape index (κ3) is 2.20. The van der Waals surface area contributed by atoms with Gasteiger partial charge in [0.15, 0.2) is 0 Å². The Balaban J connectivity index is 2.10. The van der Waals surface area contributed by atoms with Gasteiger partial charge in [0.25, 0.3) is 0 Å². The molecule has 1 aromatic carbocycles. The van der Waals surface area contributed by atoms with Gasteiger partial charge in [-0.05, 0) is 36.5 Å². The first-order valence-electron chi connectivity index (χ1n) is 5.55. The van der Waals surface area contributed by atoms with E-state index in [9.17, 15) is 4.39 Å². The highest BCUT2D eigenvalue weighted by Crippen LogP contribution is 2.52. The van der Waals surface area contributed by atoms with Gasteiger partial charge in [0.1, 0.15) is 5.82 Å². The van der Waals surface area contributed by atoms with Gasteiger partial charge >= 0.3 is 0 Å². The monoisotopic (exact) mass is 207 g/mol. The van der Waals surface area contributed by atoms with Crippen LogP contribution in [-0.4, -0.2) is 5.54 Å². The Labute approximate surface area is 90.5 Å². The lowest BCUT2D eigenvalue weighted by Crippen LogP contribution is -2.26. The minimum absolute atomic E-state index is 0.0814. The summed E-state index contributed by atoms with van der Waals surface area (Å²) in [5.41, 5.74) is 7.22. The van der Waals surface area contributed by atoms with Crippen molar-refractivity contribution in [3.05, 3.63) is 35.6 Å². The minimum Gasteiger partial charge on any atom is -0.325 e. The Morgan fingerprint density at radius 1 is 1.53 bits per heavy atom. The first-order valence-corrected chi connectivity index (χ1v) is 5.55. The van der Waals surface area contributed by atoms with E-state index in [0.29, 0.717) is 11.8 Å². The third-order valence-corrected chi connectivity index (χ3v) is 3.16. The zero-order valence-electron chi connectivity index (χ0n) is 9.33. The van der Waals surface area contributed by atoms with Crippen molar-refractivity contribution in [1.29, 1.82) is 0 Å². The predicted molar refractivity (Wildman–Crippen MR) is 60.1 cm³/mol. The third-order valence-electron chi connectivity index (χ3n) is 3.16. The lowest BCUT2D eigenvalue weighted by Gasteiger charge is -2.14. The highest BCUT2D eigenvalue weighted by molar-refractivity contribution is 5.33. The molecule has 0 saturated heterocycles. The molecule has 1 fully saturated rings. The predicted octanol–water partition coefficient (Wildman–Crippen LogP) is 3.06. The van der Waals surface area contributed by atoms with Crippen molar-refractivity contribution in [2.75, 3.05) is 0 Å². The van der Waals surface area contributed by atoms with Gasteiger partial charge in [-0.25, -0.2) is 4.39 Å². The van der Waals surface area contributed by atoms with Crippen LogP contribution in [0.1, 0.15) is 38.2 Å². The molecule has 1 saturated carbocycles. The van der Waals surface area contributed by atoms with Gasteiger partial charge in [0, 0.05) is 11.5 Å². The Hall–Kier alpha value is -0.890. The van der Waals surface area contributed by atoms with Gasteiger partial charge in [-0.3, -0.25) is 0 Å². The Bertz CT molecular complexity index is 361. The van der Waals surface area contributed by atoms with Crippen LogP contribution >= 0.6 is 0 Å². The summed E-state index contributed by atoms with van der Waals surface area (Å²) in [6.07, 6.45) is 2.02. The van der Waals surface area contributed by atoms with E-state index in [-0.39, 0.29) is 11.4 Å². The Kier molecular flexibility index (Phi) is 2.55. The topological polar surface area (TPSA) is 26.0 Å². The molecule has 2 N–H and O–H groups in total. The summed E-state index contributed by atoms with van der Waals surface area (Å²) in [5, 5.41) is 0. The van der Waals surface area contributed by atoms with Crippen LogP contribution in [0.4, 0.5) is 4.39 Å². The van der Waals surface area contributed by atoms with E-state index >= 15 is 0 Å². The van der Waals surface area contributed by atoms with Crippen LogP contribution in [0, 0.1) is 11.7 Å². The molecule has 1 aliphatic carbocycles. The summed E-state index contributed by atoms with van der Waals surface area (Å²) in [4.78, 5) is 0. The van der Waals surface area contributed by atoms with E-state index < -0.39 is 0 Å². The van der Waals surface area contributed by atoms with Crippen LogP contribution < -0.4 is 5.73 Å². The second kappa shape index (κ2) is 3.60. The summed E-state index contributed by atoms with van der Waals surface area (Å²) in [7, 11) is 0. The standard InChI is InChI=1S/C13H18FN/c1-9(2)7-13(15)8-12(13)10-4-3-5-11(14)6-10/h3-6,9,12H,7-8,15H2,1-2H3. The van der Waals surface area contributed by atoms with Gasteiger partial charge in [-0.2, -0.15) is 0 Å². The van der Waals surface area contributed by atoms with Gasteiger partial charge in [0.05, 0.1) is 0 Å². The molecule has 82 valence electrons. The van der Waals surface area contributed by atoms with Crippen molar-refractivity contribution < 1.29 is 4.39 Å². The van der Waals surface area contributed by atoms with Crippen molar-refractivity contribution in [3.8, 4) is 0 Å². The smallest absolute Gasteiger partial charge is 0.123 e. The van der Waals surface area contributed by atoms with E-state index in [1.165, 1.54) is 6.07 Å². The molecule has 2 atom stereocenters. The van der Waals surface area contributed by atoms with Gasteiger partial charge in [-0.1, -0.05) is 26.0 Å².